The van der Waals surface area contributed by atoms with Gasteiger partial charge in [0.05, 0.1) is 12.1 Å². The lowest BCUT2D eigenvalue weighted by Crippen LogP contribution is -2.27. The molecule has 2 N–H and O–H groups in total. The number of fused-ring (bicyclic) bond motifs is 1. The first-order valence-corrected chi connectivity index (χ1v) is 6.45. The molecule has 3 heterocycles. The van der Waals surface area contributed by atoms with E-state index in [0.29, 0.717) is 11.2 Å². The van der Waals surface area contributed by atoms with E-state index in [1.54, 1.807) is 16.3 Å². The molecule has 2 aromatic rings. The van der Waals surface area contributed by atoms with Gasteiger partial charge in [-0.25, -0.2) is 4.98 Å². The van der Waals surface area contributed by atoms with E-state index in [2.05, 4.69) is 10.1 Å². The average molecular weight is 276 g/mol. The van der Waals surface area contributed by atoms with Crippen LogP contribution in [0.25, 0.3) is 11.2 Å². The summed E-state index contributed by atoms with van der Waals surface area (Å²) in [7, 11) is 3.26. The number of aryl methyl sites for hydroxylation is 2. The van der Waals surface area contributed by atoms with Gasteiger partial charge in [0.2, 0.25) is 11.9 Å². The van der Waals surface area contributed by atoms with Crippen LogP contribution in [0.1, 0.15) is 25.1 Å². The molecule has 2 amide bonds. The Labute approximate surface area is 115 Å². The molecule has 3 rings (SSSR count). The first kappa shape index (κ1) is 12.6. The highest BCUT2D eigenvalue weighted by Gasteiger charge is 2.39. The summed E-state index contributed by atoms with van der Waals surface area (Å²) >= 11 is 0. The third-order valence-electron chi connectivity index (χ3n) is 3.77. The van der Waals surface area contributed by atoms with Crippen LogP contribution in [0.2, 0.25) is 0 Å². The molecule has 1 aliphatic heterocycles. The number of nitrogen functional groups attached to an aromatic ring is 1. The summed E-state index contributed by atoms with van der Waals surface area (Å²) in [6.07, 6.45) is 0.836. The summed E-state index contributed by atoms with van der Waals surface area (Å²) in [4.78, 5) is 29.3. The number of carbonyl (C=O) groups excluding carboxylic acids is 2. The van der Waals surface area contributed by atoms with Gasteiger partial charge < -0.3 is 5.73 Å². The van der Waals surface area contributed by atoms with E-state index in [4.69, 9.17) is 5.73 Å². The minimum atomic E-state index is -0.627. The molecule has 0 aromatic carbocycles. The van der Waals surface area contributed by atoms with Crippen molar-refractivity contribution >= 4 is 28.9 Å². The Kier molecular flexibility index (Phi) is 2.56. The van der Waals surface area contributed by atoms with Crippen molar-refractivity contribution in [3.63, 3.8) is 0 Å². The van der Waals surface area contributed by atoms with Gasteiger partial charge in [0, 0.05) is 14.1 Å². The topological polar surface area (TPSA) is 99.0 Å². The van der Waals surface area contributed by atoms with Gasteiger partial charge in [0.1, 0.15) is 11.6 Å². The zero-order valence-corrected chi connectivity index (χ0v) is 11.6. The SMILES string of the molecule is CCc1nn(C)c2c1nc(N)n2C1CC(=O)N(C)C1=O. The first-order valence-electron chi connectivity index (χ1n) is 6.45. The average Bonchev–Trinajstić information content (AvgIpc) is 2.98. The number of rotatable bonds is 2. The second-order valence-corrected chi connectivity index (χ2v) is 4.95. The summed E-state index contributed by atoms with van der Waals surface area (Å²) in [5, 5.41) is 4.37. The van der Waals surface area contributed by atoms with Crippen LogP contribution in [0.5, 0.6) is 0 Å². The highest BCUT2D eigenvalue weighted by atomic mass is 16.2. The largest absolute Gasteiger partial charge is 0.369 e. The lowest BCUT2D eigenvalue weighted by molar-refractivity contribution is -0.137. The number of imide groups is 1. The second-order valence-electron chi connectivity index (χ2n) is 4.95. The molecule has 20 heavy (non-hydrogen) atoms. The van der Waals surface area contributed by atoms with Gasteiger partial charge >= 0.3 is 0 Å². The summed E-state index contributed by atoms with van der Waals surface area (Å²) < 4.78 is 3.28. The molecule has 2 aromatic heterocycles. The number of likely N-dealkylation sites (tertiary alicyclic amines) is 1. The number of aromatic nitrogens is 4. The number of carbonyl (C=O) groups is 2. The molecule has 0 radical (unpaired) electrons. The Hall–Kier alpha value is -2.38. The summed E-state index contributed by atoms with van der Waals surface area (Å²) in [5.74, 6) is -0.233. The van der Waals surface area contributed by atoms with Gasteiger partial charge in [-0.1, -0.05) is 6.92 Å². The fourth-order valence-electron chi connectivity index (χ4n) is 2.70. The maximum atomic E-state index is 12.2. The highest BCUT2D eigenvalue weighted by Crippen LogP contribution is 2.31. The molecule has 106 valence electrons. The van der Waals surface area contributed by atoms with Crippen molar-refractivity contribution in [3.8, 4) is 0 Å². The van der Waals surface area contributed by atoms with E-state index in [1.165, 1.54) is 7.05 Å². The number of imidazole rings is 1. The number of amides is 2. The van der Waals surface area contributed by atoms with E-state index in [9.17, 15) is 9.59 Å². The van der Waals surface area contributed by atoms with Gasteiger partial charge in [-0.2, -0.15) is 5.10 Å². The van der Waals surface area contributed by atoms with E-state index >= 15 is 0 Å². The Morgan fingerprint density at radius 1 is 1.35 bits per heavy atom. The molecular weight excluding hydrogens is 260 g/mol. The maximum absolute atomic E-state index is 12.2. The predicted octanol–water partition coefficient (Wildman–Crippen LogP) is -0.156. The van der Waals surface area contributed by atoms with Crippen molar-refractivity contribution in [3.05, 3.63) is 5.69 Å². The standard InChI is InChI=1S/C12H16N6O2/c1-4-6-9-10(17(3)15-6)18(12(13)14-9)7-5-8(19)16(2)11(7)20/h7H,4-5H2,1-3H3,(H2,13,14). The van der Waals surface area contributed by atoms with Crippen molar-refractivity contribution in [1.82, 2.24) is 24.2 Å². The molecule has 1 aliphatic rings. The van der Waals surface area contributed by atoms with Crippen LogP contribution in [-0.4, -0.2) is 43.1 Å². The molecule has 0 saturated carbocycles. The Morgan fingerprint density at radius 2 is 2.05 bits per heavy atom. The smallest absolute Gasteiger partial charge is 0.252 e. The molecule has 1 unspecified atom stereocenters. The number of hydrogen-bond acceptors (Lipinski definition) is 5. The van der Waals surface area contributed by atoms with Crippen molar-refractivity contribution < 1.29 is 9.59 Å². The number of likely N-dealkylation sites (N-methyl/N-ethyl adjacent to an activating group) is 1. The van der Waals surface area contributed by atoms with Crippen LogP contribution in [0.15, 0.2) is 0 Å². The molecule has 1 atom stereocenters. The van der Waals surface area contributed by atoms with E-state index < -0.39 is 6.04 Å². The van der Waals surface area contributed by atoms with Gasteiger partial charge in [-0.05, 0) is 6.42 Å². The zero-order valence-electron chi connectivity index (χ0n) is 11.6. The van der Waals surface area contributed by atoms with Gasteiger partial charge in [-0.3, -0.25) is 23.7 Å². The molecule has 0 aliphatic carbocycles. The van der Waals surface area contributed by atoms with Crippen molar-refractivity contribution in [2.24, 2.45) is 7.05 Å². The minimum Gasteiger partial charge on any atom is -0.369 e. The van der Waals surface area contributed by atoms with Gasteiger partial charge in [-0.15, -0.1) is 0 Å². The fourth-order valence-corrected chi connectivity index (χ4v) is 2.70. The van der Waals surface area contributed by atoms with Crippen molar-refractivity contribution in [2.75, 3.05) is 12.8 Å². The number of nitrogens with zero attached hydrogens (tertiary/aromatic N) is 5. The Morgan fingerprint density at radius 3 is 2.60 bits per heavy atom. The third-order valence-corrected chi connectivity index (χ3v) is 3.77. The minimum absolute atomic E-state index is 0.109. The zero-order chi connectivity index (χ0) is 14.6. The summed E-state index contributed by atoms with van der Waals surface area (Å²) in [5.41, 5.74) is 8.16. The van der Waals surface area contributed by atoms with E-state index in [-0.39, 0.29) is 24.2 Å². The normalized spacial score (nSPS) is 19.6. The van der Waals surface area contributed by atoms with Crippen LogP contribution in [0.4, 0.5) is 5.95 Å². The van der Waals surface area contributed by atoms with Gasteiger partial charge in [0.25, 0.3) is 5.91 Å². The number of hydrogen-bond donors (Lipinski definition) is 1. The van der Waals surface area contributed by atoms with E-state index in [0.717, 1.165) is 17.0 Å². The lowest BCUT2D eigenvalue weighted by Gasteiger charge is -2.12. The van der Waals surface area contributed by atoms with Crippen LogP contribution in [-0.2, 0) is 23.1 Å². The monoisotopic (exact) mass is 276 g/mol. The lowest BCUT2D eigenvalue weighted by atomic mass is 10.2. The van der Waals surface area contributed by atoms with E-state index in [1.807, 2.05) is 6.92 Å². The van der Waals surface area contributed by atoms with Crippen LogP contribution < -0.4 is 5.73 Å². The molecular formula is C12H16N6O2. The third kappa shape index (κ3) is 1.47. The molecule has 8 heteroatoms. The summed E-state index contributed by atoms with van der Waals surface area (Å²) in [6, 6.07) is -0.627. The van der Waals surface area contributed by atoms with Gasteiger partial charge in [0.15, 0.2) is 5.65 Å². The van der Waals surface area contributed by atoms with Crippen LogP contribution in [0.3, 0.4) is 0 Å². The number of anilines is 1. The Bertz CT molecular complexity index is 728. The summed E-state index contributed by atoms with van der Waals surface area (Å²) in [6.45, 7) is 1.98. The molecule has 0 bridgehead atoms. The molecule has 8 nitrogen and oxygen atoms in total. The number of nitrogens with two attached hydrogens (primary N) is 1. The Balaban J connectivity index is 2.22. The molecule has 0 spiro atoms. The van der Waals surface area contributed by atoms with Crippen LogP contribution in [0, 0.1) is 0 Å². The fraction of sp³-hybridized carbons (Fsp3) is 0.500. The predicted molar refractivity (Wildman–Crippen MR) is 71.7 cm³/mol. The highest BCUT2D eigenvalue weighted by molar-refractivity contribution is 6.05. The van der Waals surface area contributed by atoms with Crippen molar-refractivity contribution in [1.29, 1.82) is 0 Å². The van der Waals surface area contributed by atoms with Crippen LogP contribution >= 0.6 is 0 Å². The maximum Gasteiger partial charge on any atom is 0.252 e. The molecule has 1 fully saturated rings. The second kappa shape index (κ2) is 4.06. The first-order chi connectivity index (χ1) is 9.45. The van der Waals surface area contributed by atoms with Crippen molar-refractivity contribution in [2.45, 2.75) is 25.8 Å². The molecule has 1 saturated heterocycles. The quantitative estimate of drug-likeness (QED) is 0.769.